The smallest absolute Gasteiger partial charge is 0.151 e. The minimum Gasteiger partial charge on any atom is -0.496 e. The maximum absolute atomic E-state index is 5.95. The van der Waals surface area contributed by atoms with Crippen LogP contribution in [0.1, 0.15) is 18.4 Å². The topological polar surface area (TPSA) is 47.0 Å². The third-order valence-electron chi connectivity index (χ3n) is 2.56. The Hall–Kier alpha value is -1.17. The third kappa shape index (κ3) is 3.65. The fraction of sp³-hybridized carbons (Fsp3) is 0.385. The highest BCUT2D eigenvalue weighted by Crippen LogP contribution is 2.33. The number of nitrogens with zero attached hydrogens (tertiary/aromatic N) is 2. The molecule has 1 aromatic heterocycles. The van der Waals surface area contributed by atoms with Crippen molar-refractivity contribution < 1.29 is 4.74 Å². The van der Waals surface area contributed by atoms with Gasteiger partial charge in [0.15, 0.2) is 5.01 Å². The molecule has 0 atom stereocenters. The molecule has 102 valence electrons. The number of hydrogen-bond donors (Lipinski definition) is 1. The maximum atomic E-state index is 5.95. The molecule has 1 N–H and O–H groups in total. The van der Waals surface area contributed by atoms with Crippen molar-refractivity contribution in [2.75, 3.05) is 13.7 Å². The molecule has 0 unspecified atom stereocenters. The van der Waals surface area contributed by atoms with Gasteiger partial charge in [0.05, 0.1) is 12.7 Å². The number of methoxy groups -OCH3 is 1. The molecular weight excluding hydrogens is 282 g/mol. The molecule has 6 heteroatoms. The number of hydrogen-bond acceptors (Lipinski definition) is 5. The van der Waals surface area contributed by atoms with E-state index in [1.807, 2.05) is 12.1 Å². The summed E-state index contributed by atoms with van der Waals surface area (Å²) in [5.41, 5.74) is 0.922. The quantitative estimate of drug-likeness (QED) is 0.831. The summed E-state index contributed by atoms with van der Waals surface area (Å²) in [6, 6.07) is 5.52. The zero-order chi connectivity index (χ0) is 13.7. The Kier molecular flexibility index (Phi) is 5.13. The van der Waals surface area contributed by atoms with Crippen molar-refractivity contribution in [2.24, 2.45) is 0 Å². The van der Waals surface area contributed by atoms with Gasteiger partial charge in [0.2, 0.25) is 0 Å². The molecule has 0 aliphatic carbocycles. The Morgan fingerprint density at radius 2 is 2.21 bits per heavy atom. The summed E-state index contributed by atoms with van der Waals surface area (Å²) >= 11 is 7.51. The maximum Gasteiger partial charge on any atom is 0.151 e. The van der Waals surface area contributed by atoms with E-state index in [0.717, 1.165) is 40.8 Å². The SMILES string of the molecule is CCCNCc1nnc(-c2ccc(Cl)cc2OC)s1. The van der Waals surface area contributed by atoms with Gasteiger partial charge >= 0.3 is 0 Å². The van der Waals surface area contributed by atoms with E-state index in [0.29, 0.717) is 5.02 Å². The van der Waals surface area contributed by atoms with E-state index >= 15 is 0 Å². The van der Waals surface area contributed by atoms with Crippen LogP contribution in [0.3, 0.4) is 0 Å². The Labute approximate surface area is 121 Å². The minimum atomic E-state index is 0.648. The molecule has 0 amide bonds. The van der Waals surface area contributed by atoms with Crippen LogP contribution in [0.2, 0.25) is 5.02 Å². The summed E-state index contributed by atoms with van der Waals surface area (Å²) in [6.07, 6.45) is 1.11. The van der Waals surface area contributed by atoms with Crippen LogP contribution in [-0.4, -0.2) is 23.9 Å². The van der Waals surface area contributed by atoms with Gasteiger partial charge in [-0.25, -0.2) is 0 Å². The lowest BCUT2D eigenvalue weighted by Gasteiger charge is -2.05. The lowest BCUT2D eigenvalue weighted by atomic mass is 10.2. The van der Waals surface area contributed by atoms with E-state index < -0.39 is 0 Å². The molecule has 19 heavy (non-hydrogen) atoms. The molecule has 0 aliphatic heterocycles. The predicted octanol–water partition coefficient (Wildman–Crippen LogP) is 3.37. The standard InChI is InChI=1S/C13H16ClN3OS/c1-3-6-15-8-12-16-17-13(19-12)10-5-4-9(14)7-11(10)18-2/h4-5,7,15H,3,6,8H2,1-2H3. The summed E-state index contributed by atoms with van der Waals surface area (Å²) in [5, 5.41) is 14.2. The lowest BCUT2D eigenvalue weighted by molar-refractivity contribution is 0.416. The van der Waals surface area contributed by atoms with E-state index in [1.54, 1.807) is 24.5 Å². The van der Waals surface area contributed by atoms with Crippen LogP contribution in [-0.2, 0) is 6.54 Å². The zero-order valence-corrected chi connectivity index (χ0v) is 12.5. The van der Waals surface area contributed by atoms with Gasteiger partial charge in [0, 0.05) is 11.6 Å². The van der Waals surface area contributed by atoms with E-state index in [1.165, 1.54) is 0 Å². The molecule has 0 saturated heterocycles. The van der Waals surface area contributed by atoms with Crippen LogP contribution >= 0.6 is 22.9 Å². The molecule has 0 saturated carbocycles. The summed E-state index contributed by atoms with van der Waals surface area (Å²) in [5.74, 6) is 0.719. The summed E-state index contributed by atoms with van der Waals surface area (Å²) in [4.78, 5) is 0. The van der Waals surface area contributed by atoms with Crippen LogP contribution in [0.4, 0.5) is 0 Å². The average molecular weight is 298 g/mol. The first-order chi connectivity index (χ1) is 9.24. The first kappa shape index (κ1) is 14.2. The molecule has 0 spiro atoms. The van der Waals surface area contributed by atoms with Crippen molar-refractivity contribution >= 4 is 22.9 Å². The van der Waals surface area contributed by atoms with Gasteiger partial charge in [-0.2, -0.15) is 0 Å². The zero-order valence-electron chi connectivity index (χ0n) is 10.9. The van der Waals surface area contributed by atoms with Crippen molar-refractivity contribution in [2.45, 2.75) is 19.9 Å². The van der Waals surface area contributed by atoms with Crippen molar-refractivity contribution in [3.63, 3.8) is 0 Å². The van der Waals surface area contributed by atoms with Gasteiger partial charge in [-0.15, -0.1) is 10.2 Å². The number of aromatic nitrogens is 2. The Morgan fingerprint density at radius 1 is 1.37 bits per heavy atom. The highest BCUT2D eigenvalue weighted by atomic mass is 35.5. The molecule has 0 aliphatic rings. The number of nitrogens with one attached hydrogen (secondary N) is 1. The molecule has 0 fully saturated rings. The van der Waals surface area contributed by atoms with Crippen molar-refractivity contribution in [3.05, 3.63) is 28.2 Å². The molecular formula is C13H16ClN3OS. The highest BCUT2D eigenvalue weighted by molar-refractivity contribution is 7.14. The average Bonchev–Trinajstić information content (AvgIpc) is 2.87. The summed E-state index contributed by atoms with van der Waals surface area (Å²) in [7, 11) is 1.62. The van der Waals surface area contributed by atoms with E-state index in [4.69, 9.17) is 16.3 Å². The van der Waals surface area contributed by atoms with Gasteiger partial charge in [-0.3, -0.25) is 0 Å². The van der Waals surface area contributed by atoms with Gasteiger partial charge in [0.1, 0.15) is 10.8 Å². The largest absolute Gasteiger partial charge is 0.496 e. The number of benzene rings is 1. The highest BCUT2D eigenvalue weighted by Gasteiger charge is 2.12. The summed E-state index contributed by atoms with van der Waals surface area (Å²) < 4.78 is 5.33. The molecule has 1 heterocycles. The van der Waals surface area contributed by atoms with Gasteiger partial charge in [-0.05, 0) is 31.2 Å². The van der Waals surface area contributed by atoms with Crippen LogP contribution < -0.4 is 10.1 Å². The lowest BCUT2D eigenvalue weighted by Crippen LogP contribution is -2.13. The molecule has 4 nitrogen and oxygen atoms in total. The van der Waals surface area contributed by atoms with Gasteiger partial charge in [0.25, 0.3) is 0 Å². The second kappa shape index (κ2) is 6.84. The molecule has 0 radical (unpaired) electrons. The van der Waals surface area contributed by atoms with E-state index in [9.17, 15) is 0 Å². The second-order valence-corrected chi connectivity index (χ2v) is 5.52. The van der Waals surface area contributed by atoms with Crippen molar-refractivity contribution in [1.29, 1.82) is 0 Å². The van der Waals surface area contributed by atoms with Gasteiger partial charge in [-0.1, -0.05) is 29.9 Å². The first-order valence-corrected chi connectivity index (χ1v) is 7.31. The van der Waals surface area contributed by atoms with Crippen LogP contribution in [0.25, 0.3) is 10.6 Å². The van der Waals surface area contributed by atoms with Crippen LogP contribution in [0.5, 0.6) is 5.75 Å². The Balaban J connectivity index is 2.18. The Bertz CT molecular complexity index is 544. The number of ether oxygens (including phenoxy) is 1. The molecule has 2 aromatic rings. The minimum absolute atomic E-state index is 0.648. The fourth-order valence-corrected chi connectivity index (χ4v) is 2.65. The predicted molar refractivity (Wildman–Crippen MR) is 78.9 cm³/mol. The fourth-order valence-electron chi connectivity index (χ4n) is 1.65. The number of halogens is 1. The van der Waals surface area contributed by atoms with E-state index in [2.05, 4.69) is 22.4 Å². The van der Waals surface area contributed by atoms with Gasteiger partial charge < -0.3 is 10.1 Å². The molecule has 0 bridgehead atoms. The third-order valence-corrected chi connectivity index (χ3v) is 3.76. The number of rotatable bonds is 6. The monoisotopic (exact) mass is 297 g/mol. The molecule has 1 aromatic carbocycles. The molecule has 2 rings (SSSR count). The normalized spacial score (nSPS) is 10.7. The van der Waals surface area contributed by atoms with Crippen LogP contribution in [0, 0.1) is 0 Å². The second-order valence-electron chi connectivity index (χ2n) is 4.02. The first-order valence-electron chi connectivity index (χ1n) is 6.11. The van der Waals surface area contributed by atoms with Crippen molar-refractivity contribution in [1.82, 2.24) is 15.5 Å². The Morgan fingerprint density at radius 3 is 2.95 bits per heavy atom. The van der Waals surface area contributed by atoms with Crippen LogP contribution in [0.15, 0.2) is 18.2 Å². The van der Waals surface area contributed by atoms with E-state index in [-0.39, 0.29) is 0 Å². The van der Waals surface area contributed by atoms with Crippen molar-refractivity contribution in [3.8, 4) is 16.3 Å². The summed E-state index contributed by atoms with van der Waals surface area (Å²) in [6.45, 7) is 3.87.